The number of halogens is 1. The zero-order valence-corrected chi connectivity index (χ0v) is 11.4. The number of para-hydroxylation sites is 1. The SMILES string of the molecule is ClCc1nnc(C2CCCOC2)n1-c1ccccc1. The van der Waals surface area contributed by atoms with Crippen molar-refractivity contribution in [2.75, 3.05) is 13.2 Å². The molecule has 5 heteroatoms. The lowest BCUT2D eigenvalue weighted by Crippen LogP contribution is -2.19. The summed E-state index contributed by atoms with van der Waals surface area (Å²) >= 11 is 5.98. The third kappa shape index (κ3) is 2.51. The van der Waals surface area contributed by atoms with E-state index in [1.165, 1.54) is 0 Å². The average Bonchev–Trinajstić information content (AvgIpc) is 2.93. The van der Waals surface area contributed by atoms with Gasteiger partial charge in [0, 0.05) is 18.2 Å². The zero-order valence-electron chi connectivity index (χ0n) is 10.6. The van der Waals surface area contributed by atoms with Crippen LogP contribution in [-0.4, -0.2) is 28.0 Å². The van der Waals surface area contributed by atoms with Crippen LogP contribution in [0.4, 0.5) is 0 Å². The Morgan fingerprint density at radius 1 is 1.26 bits per heavy atom. The van der Waals surface area contributed by atoms with Crippen LogP contribution in [0.3, 0.4) is 0 Å². The lowest BCUT2D eigenvalue weighted by atomic mass is 10.0. The Kier molecular flexibility index (Phi) is 3.80. The molecular formula is C14H16ClN3O. The van der Waals surface area contributed by atoms with Gasteiger partial charge in [-0.05, 0) is 25.0 Å². The molecular weight excluding hydrogens is 262 g/mol. The van der Waals surface area contributed by atoms with Crippen molar-refractivity contribution in [1.82, 2.24) is 14.8 Å². The minimum Gasteiger partial charge on any atom is -0.381 e. The Hall–Kier alpha value is -1.39. The van der Waals surface area contributed by atoms with Gasteiger partial charge in [0.2, 0.25) is 0 Å². The van der Waals surface area contributed by atoms with E-state index < -0.39 is 0 Å². The lowest BCUT2D eigenvalue weighted by molar-refractivity contribution is 0.0775. The molecule has 1 aliphatic rings. The highest BCUT2D eigenvalue weighted by Crippen LogP contribution is 2.27. The van der Waals surface area contributed by atoms with Gasteiger partial charge in [0.15, 0.2) is 5.82 Å². The smallest absolute Gasteiger partial charge is 0.152 e. The van der Waals surface area contributed by atoms with Crippen molar-refractivity contribution in [3.05, 3.63) is 42.0 Å². The van der Waals surface area contributed by atoms with Gasteiger partial charge >= 0.3 is 0 Å². The number of ether oxygens (including phenoxy) is 1. The summed E-state index contributed by atoms with van der Waals surface area (Å²) < 4.78 is 7.62. The summed E-state index contributed by atoms with van der Waals surface area (Å²) in [6.45, 7) is 1.56. The first-order chi connectivity index (χ1) is 9.40. The first-order valence-corrected chi connectivity index (χ1v) is 7.07. The van der Waals surface area contributed by atoms with Gasteiger partial charge < -0.3 is 4.74 Å². The summed E-state index contributed by atoms with van der Waals surface area (Å²) in [5.41, 5.74) is 1.06. The molecule has 3 rings (SSSR count). The maximum absolute atomic E-state index is 5.98. The summed E-state index contributed by atoms with van der Waals surface area (Å²) in [6, 6.07) is 10.1. The molecule has 0 N–H and O–H groups in total. The van der Waals surface area contributed by atoms with E-state index in [2.05, 4.69) is 14.8 Å². The van der Waals surface area contributed by atoms with Gasteiger partial charge in [0.1, 0.15) is 5.82 Å². The number of hydrogen-bond donors (Lipinski definition) is 0. The Morgan fingerprint density at radius 3 is 2.79 bits per heavy atom. The number of hydrogen-bond acceptors (Lipinski definition) is 3. The van der Waals surface area contributed by atoms with Gasteiger partial charge in [0.05, 0.1) is 12.5 Å². The van der Waals surface area contributed by atoms with E-state index in [1.54, 1.807) is 0 Å². The third-order valence-corrected chi connectivity index (χ3v) is 3.65. The molecule has 2 aromatic rings. The van der Waals surface area contributed by atoms with Gasteiger partial charge in [-0.3, -0.25) is 4.57 Å². The van der Waals surface area contributed by atoms with E-state index in [9.17, 15) is 0 Å². The molecule has 1 fully saturated rings. The van der Waals surface area contributed by atoms with Crippen LogP contribution < -0.4 is 0 Å². The van der Waals surface area contributed by atoms with Crippen LogP contribution in [0.5, 0.6) is 0 Å². The maximum Gasteiger partial charge on any atom is 0.152 e. The minimum absolute atomic E-state index is 0.304. The van der Waals surface area contributed by atoms with Crippen molar-refractivity contribution < 1.29 is 4.74 Å². The number of benzene rings is 1. The molecule has 0 bridgehead atoms. The van der Waals surface area contributed by atoms with Gasteiger partial charge in [-0.15, -0.1) is 21.8 Å². The van der Waals surface area contributed by atoms with Crippen LogP contribution >= 0.6 is 11.6 Å². The predicted octanol–water partition coefficient (Wildman–Crippen LogP) is 2.90. The molecule has 1 aliphatic heterocycles. The van der Waals surface area contributed by atoms with Crippen LogP contribution in [0.1, 0.15) is 30.4 Å². The fraction of sp³-hybridized carbons (Fsp3) is 0.429. The van der Waals surface area contributed by atoms with Crippen molar-refractivity contribution in [1.29, 1.82) is 0 Å². The Bertz CT molecular complexity index is 535. The monoisotopic (exact) mass is 277 g/mol. The maximum atomic E-state index is 5.98. The second-order valence-corrected chi connectivity index (χ2v) is 4.96. The van der Waals surface area contributed by atoms with E-state index >= 15 is 0 Å². The summed E-state index contributed by atoms with van der Waals surface area (Å²) in [6.07, 6.45) is 2.16. The summed E-state index contributed by atoms with van der Waals surface area (Å²) in [4.78, 5) is 0. The Balaban J connectivity index is 2.03. The largest absolute Gasteiger partial charge is 0.381 e. The number of alkyl halides is 1. The van der Waals surface area contributed by atoms with Crippen LogP contribution in [0.2, 0.25) is 0 Å². The van der Waals surface area contributed by atoms with Crippen LogP contribution in [0.25, 0.3) is 5.69 Å². The third-order valence-electron chi connectivity index (χ3n) is 3.41. The van der Waals surface area contributed by atoms with Crippen molar-refractivity contribution in [2.45, 2.75) is 24.6 Å². The fourth-order valence-electron chi connectivity index (χ4n) is 2.48. The normalized spacial score (nSPS) is 19.5. The van der Waals surface area contributed by atoms with Crippen LogP contribution in [0.15, 0.2) is 30.3 Å². The van der Waals surface area contributed by atoms with E-state index in [4.69, 9.17) is 16.3 Å². The molecule has 1 atom stereocenters. The average molecular weight is 278 g/mol. The molecule has 2 heterocycles. The van der Waals surface area contributed by atoms with Gasteiger partial charge in [-0.2, -0.15) is 0 Å². The highest BCUT2D eigenvalue weighted by atomic mass is 35.5. The van der Waals surface area contributed by atoms with Gasteiger partial charge in [-0.1, -0.05) is 18.2 Å². The Labute approximate surface area is 117 Å². The molecule has 0 spiro atoms. The molecule has 1 saturated heterocycles. The molecule has 1 aromatic carbocycles. The fourth-order valence-corrected chi connectivity index (χ4v) is 2.66. The quantitative estimate of drug-likeness (QED) is 0.810. The van der Waals surface area contributed by atoms with Crippen molar-refractivity contribution >= 4 is 11.6 Å². The second kappa shape index (κ2) is 5.72. The highest BCUT2D eigenvalue weighted by Gasteiger charge is 2.24. The number of nitrogens with zero attached hydrogens (tertiary/aromatic N) is 3. The molecule has 19 heavy (non-hydrogen) atoms. The summed E-state index contributed by atoms with van der Waals surface area (Å²) in [5, 5.41) is 8.55. The summed E-state index contributed by atoms with van der Waals surface area (Å²) in [7, 11) is 0. The topological polar surface area (TPSA) is 39.9 Å². The second-order valence-electron chi connectivity index (χ2n) is 4.69. The van der Waals surface area contributed by atoms with E-state index in [1.807, 2.05) is 30.3 Å². The predicted molar refractivity (Wildman–Crippen MR) is 73.7 cm³/mol. The lowest BCUT2D eigenvalue weighted by Gasteiger charge is -2.22. The number of aromatic nitrogens is 3. The van der Waals surface area contributed by atoms with E-state index in [0.717, 1.165) is 36.8 Å². The van der Waals surface area contributed by atoms with Gasteiger partial charge in [-0.25, -0.2) is 0 Å². The highest BCUT2D eigenvalue weighted by molar-refractivity contribution is 6.16. The Morgan fingerprint density at radius 2 is 2.11 bits per heavy atom. The first kappa shape index (κ1) is 12.6. The molecule has 0 saturated carbocycles. The van der Waals surface area contributed by atoms with Crippen molar-refractivity contribution in [3.63, 3.8) is 0 Å². The van der Waals surface area contributed by atoms with Crippen molar-refractivity contribution in [2.24, 2.45) is 0 Å². The van der Waals surface area contributed by atoms with Crippen LogP contribution in [0, 0.1) is 0 Å². The van der Waals surface area contributed by atoms with Crippen LogP contribution in [-0.2, 0) is 10.6 Å². The minimum atomic E-state index is 0.304. The molecule has 0 aliphatic carbocycles. The molecule has 1 aromatic heterocycles. The number of rotatable bonds is 3. The van der Waals surface area contributed by atoms with E-state index in [0.29, 0.717) is 18.4 Å². The molecule has 4 nitrogen and oxygen atoms in total. The molecule has 0 radical (unpaired) electrons. The van der Waals surface area contributed by atoms with Gasteiger partial charge in [0.25, 0.3) is 0 Å². The molecule has 0 amide bonds. The standard InChI is InChI=1S/C14H16ClN3O/c15-9-13-16-17-14(11-5-4-8-19-10-11)18(13)12-6-2-1-3-7-12/h1-3,6-7,11H,4-5,8-10H2. The molecule has 100 valence electrons. The zero-order chi connectivity index (χ0) is 13.1. The van der Waals surface area contributed by atoms with Crippen molar-refractivity contribution in [3.8, 4) is 5.69 Å². The first-order valence-electron chi connectivity index (χ1n) is 6.53. The van der Waals surface area contributed by atoms with E-state index in [-0.39, 0.29) is 0 Å². The summed E-state index contributed by atoms with van der Waals surface area (Å²) in [5.74, 6) is 2.41. The molecule has 1 unspecified atom stereocenters.